The van der Waals surface area contributed by atoms with Crippen LogP contribution in [0.2, 0.25) is 0 Å². The van der Waals surface area contributed by atoms with Gasteiger partial charge >= 0.3 is 0 Å². The summed E-state index contributed by atoms with van der Waals surface area (Å²) < 4.78 is 0. The Balaban J connectivity index is 0.00000128. The number of benzene rings is 1. The first kappa shape index (κ1) is 13.0. The fourth-order valence-corrected chi connectivity index (χ4v) is 1.94. The molecule has 1 saturated heterocycles. The smallest absolute Gasteiger partial charge is 0.253 e. The maximum absolute atomic E-state index is 12.0. The van der Waals surface area contributed by atoms with Gasteiger partial charge in [0.25, 0.3) is 5.91 Å². The Labute approximate surface area is 102 Å². The van der Waals surface area contributed by atoms with Gasteiger partial charge in [-0.25, -0.2) is 0 Å². The second-order valence-electron chi connectivity index (χ2n) is 3.89. The highest BCUT2D eigenvalue weighted by Crippen LogP contribution is 2.12. The highest BCUT2D eigenvalue weighted by molar-refractivity contribution is 5.94. The van der Waals surface area contributed by atoms with E-state index in [1.54, 1.807) is 0 Å². The number of likely N-dealkylation sites (N-methyl/N-ethyl adjacent to an activating group) is 1. The Morgan fingerprint density at radius 3 is 2.62 bits per heavy atom. The van der Waals surface area contributed by atoms with Crippen LogP contribution in [0.1, 0.15) is 16.8 Å². The van der Waals surface area contributed by atoms with Crippen LogP contribution in [0.25, 0.3) is 0 Å². The number of hydrogen-bond donors (Lipinski definition) is 1. The Morgan fingerprint density at radius 2 is 2.06 bits per heavy atom. The van der Waals surface area contributed by atoms with Gasteiger partial charge in [-0.15, -0.1) is 12.4 Å². The van der Waals surface area contributed by atoms with Crippen molar-refractivity contribution in [2.75, 3.05) is 20.1 Å². The monoisotopic (exact) mass is 240 g/mol. The molecule has 1 aliphatic rings. The zero-order valence-electron chi connectivity index (χ0n) is 9.35. The Hall–Kier alpha value is -1.06. The first-order valence-electron chi connectivity index (χ1n) is 5.33. The van der Waals surface area contributed by atoms with Crippen LogP contribution < -0.4 is 5.32 Å². The number of rotatable bonds is 2. The molecule has 1 aromatic rings. The molecule has 4 heteroatoms. The fourth-order valence-electron chi connectivity index (χ4n) is 1.94. The molecule has 0 bridgehead atoms. The third kappa shape index (κ3) is 2.74. The summed E-state index contributed by atoms with van der Waals surface area (Å²) in [6.07, 6.45) is 1.05. The molecule has 1 amide bonds. The van der Waals surface area contributed by atoms with E-state index >= 15 is 0 Å². The van der Waals surface area contributed by atoms with Crippen LogP contribution in [0.15, 0.2) is 30.3 Å². The van der Waals surface area contributed by atoms with Gasteiger partial charge in [0.2, 0.25) is 0 Å². The Bertz CT molecular complexity index is 342. The minimum atomic E-state index is 0. The van der Waals surface area contributed by atoms with Crippen LogP contribution >= 0.6 is 12.4 Å². The van der Waals surface area contributed by atoms with Gasteiger partial charge in [0.1, 0.15) is 0 Å². The number of halogens is 1. The van der Waals surface area contributed by atoms with E-state index < -0.39 is 0 Å². The van der Waals surface area contributed by atoms with Crippen molar-refractivity contribution in [3.63, 3.8) is 0 Å². The molecule has 0 unspecified atom stereocenters. The van der Waals surface area contributed by atoms with E-state index in [1.165, 1.54) is 0 Å². The quantitative estimate of drug-likeness (QED) is 0.851. The Morgan fingerprint density at radius 1 is 1.38 bits per heavy atom. The summed E-state index contributed by atoms with van der Waals surface area (Å²) in [5.74, 6) is 0.147. The van der Waals surface area contributed by atoms with Crippen molar-refractivity contribution in [2.24, 2.45) is 0 Å². The van der Waals surface area contributed by atoms with Crippen LogP contribution in [-0.4, -0.2) is 37.0 Å². The summed E-state index contributed by atoms with van der Waals surface area (Å²) in [6.45, 7) is 1.68. The van der Waals surface area contributed by atoms with E-state index in [-0.39, 0.29) is 18.3 Å². The van der Waals surface area contributed by atoms with Gasteiger partial charge in [-0.05, 0) is 25.6 Å². The van der Waals surface area contributed by atoms with Crippen LogP contribution in [0.5, 0.6) is 0 Å². The summed E-state index contributed by atoms with van der Waals surface area (Å²) >= 11 is 0. The summed E-state index contributed by atoms with van der Waals surface area (Å²) in [4.78, 5) is 13.9. The molecule has 1 heterocycles. The lowest BCUT2D eigenvalue weighted by Crippen LogP contribution is -2.33. The molecule has 0 aromatic heterocycles. The van der Waals surface area contributed by atoms with Crippen molar-refractivity contribution in [1.82, 2.24) is 10.2 Å². The van der Waals surface area contributed by atoms with Gasteiger partial charge in [-0.2, -0.15) is 0 Å². The van der Waals surface area contributed by atoms with E-state index in [0.717, 1.165) is 25.1 Å². The average molecular weight is 241 g/mol. The van der Waals surface area contributed by atoms with E-state index in [1.807, 2.05) is 42.3 Å². The molecular weight excluding hydrogens is 224 g/mol. The van der Waals surface area contributed by atoms with Gasteiger partial charge in [0.05, 0.1) is 0 Å². The SMILES string of the molecule is CN[C@@H]1CCN(C(=O)c2ccccc2)C1.Cl. The molecule has 88 valence electrons. The molecule has 16 heavy (non-hydrogen) atoms. The van der Waals surface area contributed by atoms with Crippen LogP contribution in [0.3, 0.4) is 0 Å². The fraction of sp³-hybridized carbons (Fsp3) is 0.417. The molecule has 1 fully saturated rings. The molecule has 3 nitrogen and oxygen atoms in total. The zero-order chi connectivity index (χ0) is 10.7. The second-order valence-corrected chi connectivity index (χ2v) is 3.89. The maximum Gasteiger partial charge on any atom is 0.253 e. The number of carbonyl (C=O) groups excluding carboxylic acids is 1. The maximum atomic E-state index is 12.0. The first-order chi connectivity index (χ1) is 7.31. The normalized spacial score (nSPS) is 19.3. The van der Waals surface area contributed by atoms with E-state index in [0.29, 0.717) is 6.04 Å². The van der Waals surface area contributed by atoms with Crippen molar-refractivity contribution in [2.45, 2.75) is 12.5 Å². The molecule has 1 N–H and O–H groups in total. The van der Waals surface area contributed by atoms with Crippen molar-refractivity contribution >= 4 is 18.3 Å². The minimum Gasteiger partial charge on any atom is -0.337 e. The van der Waals surface area contributed by atoms with Crippen molar-refractivity contribution < 1.29 is 4.79 Å². The number of nitrogens with zero attached hydrogens (tertiary/aromatic N) is 1. The van der Waals surface area contributed by atoms with Crippen molar-refractivity contribution in [3.8, 4) is 0 Å². The van der Waals surface area contributed by atoms with E-state index in [9.17, 15) is 4.79 Å². The molecule has 1 aromatic carbocycles. The van der Waals surface area contributed by atoms with Crippen molar-refractivity contribution in [1.29, 1.82) is 0 Å². The van der Waals surface area contributed by atoms with Crippen LogP contribution in [0.4, 0.5) is 0 Å². The van der Waals surface area contributed by atoms with Gasteiger partial charge in [0.15, 0.2) is 0 Å². The minimum absolute atomic E-state index is 0. The predicted octanol–water partition coefficient (Wildman–Crippen LogP) is 1.54. The second kappa shape index (κ2) is 5.87. The molecule has 1 atom stereocenters. The number of likely N-dealkylation sites (tertiary alicyclic amines) is 1. The molecule has 2 rings (SSSR count). The highest BCUT2D eigenvalue weighted by Gasteiger charge is 2.25. The first-order valence-corrected chi connectivity index (χ1v) is 5.33. The number of amides is 1. The largest absolute Gasteiger partial charge is 0.337 e. The Kier molecular flexibility index (Phi) is 4.77. The lowest BCUT2D eigenvalue weighted by atomic mass is 10.2. The zero-order valence-corrected chi connectivity index (χ0v) is 10.2. The molecule has 1 aliphatic heterocycles. The summed E-state index contributed by atoms with van der Waals surface area (Å²) in [6, 6.07) is 9.93. The van der Waals surface area contributed by atoms with Crippen LogP contribution in [0, 0.1) is 0 Å². The van der Waals surface area contributed by atoms with Gasteiger partial charge in [0, 0.05) is 24.7 Å². The lowest BCUT2D eigenvalue weighted by Gasteiger charge is -2.16. The van der Waals surface area contributed by atoms with Gasteiger partial charge < -0.3 is 10.2 Å². The standard InChI is InChI=1S/C12H16N2O.ClH/c1-13-11-7-8-14(9-11)12(15)10-5-3-2-4-6-10;/h2-6,11,13H,7-9H2,1H3;1H/t11-;/m1./s1. The number of carbonyl (C=O) groups is 1. The number of nitrogens with one attached hydrogen (secondary N) is 1. The van der Waals surface area contributed by atoms with Gasteiger partial charge in [-0.3, -0.25) is 4.79 Å². The molecular formula is C12H17ClN2O. The van der Waals surface area contributed by atoms with Crippen molar-refractivity contribution in [3.05, 3.63) is 35.9 Å². The topological polar surface area (TPSA) is 32.3 Å². The third-order valence-electron chi connectivity index (χ3n) is 2.90. The predicted molar refractivity (Wildman–Crippen MR) is 67.1 cm³/mol. The lowest BCUT2D eigenvalue weighted by molar-refractivity contribution is 0.0789. The highest BCUT2D eigenvalue weighted by atomic mass is 35.5. The average Bonchev–Trinajstić information content (AvgIpc) is 2.78. The molecule has 0 saturated carbocycles. The molecule has 0 aliphatic carbocycles. The number of hydrogen-bond acceptors (Lipinski definition) is 2. The molecule has 0 spiro atoms. The van der Waals surface area contributed by atoms with E-state index in [4.69, 9.17) is 0 Å². The summed E-state index contributed by atoms with van der Waals surface area (Å²) in [7, 11) is 1.95. The van der Waals surface area contributed by atoms with E-state index in [2.05, 4.69) is 5.32 Å². The third-order valence-corrected chi connectivity index (χ3v) is 2.90. The summed E-state index contributed by atoms with van der Waals surface area (Å²) in [5, 5.41) is 3.21. The summed E-state index contributed by atoms with van der Waals surface area (Å²) in [5.41, 5.74) is 0.786. The van der Waals surface area contributed by atoms with Gasteiger partial charge in [-0.1, -0.05) is 18.2 Å². The molecule has 0 radical (unpaired) electrons. The van der Waals surface area contributed by atoms with Crippen LogP contribution in [-0.2, 0) is 0 Å².